The van der Waals surface area contributed by atoms with Gasteiger partial charge in [0.1, 0.15) is 0 Å². The number of pyridine rings is 1. The molecule has 0 aliphatic rings. The lowest BCUT2D eigenvalue weighted by molar-refractivity contribution is 0.413. The van der Waals surface area contributed by atoms with Gasteiger partial charge in [0.15, 0.2) is 10.9 Å². The smallest absolute Gasteiger partial charge is 0.171 e. The number of nitrogens with zero attached hydrogens (tertiary/aromatic N) is 1. The topological polar surface area (TPSA) is 22.1 Å². The van der Waals surface area contributed by atoms with Crippen molar-refractivity contribution in [3.8, 4) is 5.75 Å². The molecule has 0 unspecified atom stereocenters. The number of halogens is 2. The summed E-state index contributed by atoms with van der Waals surface area (Å²) in [6.45, 7) is 0. The van der Waals surface area contributed by atoms with Gasteiger partial charge in [0.2, 0.25) is 0 Å². The zero-order chi connectivity index (χ0) is 7.56. The Labute approximate surface area is 77.7 Å². The zero-order valence-electron chi connectivity index (χ0n) is 5.27. The summed E-state index contributed by atoms with van der Waals surface area (Å²) in [6.07, 6.45) is 1.69. The first-order chi connectivity index (χ1) is 4.74. The van der Waals surface area contributed by atoms with Crippen molar-refractivity contribution in [2.75, 3.05) is 7.11 Å². The quantitative estimate of drug-likeness (QED) is 0.577. The molecule has 0 spiro atoms. The molecule has 0 amide bonds. The van der Waals surface area contributed by atoms with Gasteiger partial charge in [-0.25, -0.2) is 4.98 Å². The van der Waals surface area contributed by atoms with E-state index in [-0.39, 0.29) is 0 Å². The fraction of sp³-hybridized carbons (Fsp3) is 0.167. The number of aromatic nitrogens is 1. The van der Waals surface area contributed by atoms with E-state index in [4.69, 9.17) is 16.3 Å². The van der Waals surface area contributed by atoms with Crippen LogP contribution >= 0.6 is 34.2 Å². The summed E-state index contributed by atoms with van der Waals surface area (Å²) >= 11 is 7.80. The maximum absolute atomic E-state index is 5.66. The molecule has 0 fully saturated rings. The molecule has 2 nitrogen and oxygen atoms in total. The second kappa shape index (κ2) is 3.39. The van der Waals surface area contributed by atoms with Crippen molar-refractivity contribution in [2.45, 2.75) is 0 Å². The summed E-state index contributed by atoms with van der Waals surface area (Å²) < 4.78 is 5.94. The van der Waals surface area contributed by atoms with Crippen molar-refractivity contribution in [1.29, 1.82) is 0 Å². The van der Waals surface area contributed by atoms with Crippen molar-refractivity contribution in [2.24, 2.45) is 0 Å². The van der Waals surface area contributed by atoms with Gasteiger partial charge in [0.25, 0.3) is 0 Å². The van der Waals surface area contributed by atoms with Crippen LogP contribution in [-0.2, 0) is 0 Å². The van der Waals surface area contributed by atoms with Crippen LogP contribution in [0.3, 0.4) is 0 Å². The Morgan fingerprint density at radius 2 is 2.40 bits per heavy atom. The number of rotatable bonds is 1. The standard InChI is InChI=1S/C6H5ClINO/c1-10-5-2-4(8)3-9-6(5)7/h2-3H,1H3. The van der Waals surface area contributed by atoms with Crippen molar-refractivity contribution >= 4 is 34.2 Å². The molecule has 0 N–H and O–H groups in total. The van der Waals surface area contributed by atoms with Crippen LogP contribution in [0.2, 0.25) is 5.15 Å². The minimum atomic E-state index is 0.405. The summed E-state index contributed by atoms with van der Waals surface area (Å²) in [7, 11) is 1.57. The zero-order valence-corrected chi connectivity index (χ0v) is 8.18. The molecule has 0 saturated heterocycles. The first kappa shape index (κ1) is 8.07. The molecule has 1 heterocycles. The van der Waals surface area contributed by atoms with Crippen LogP contribution in [0.4, 0.5) is 0 Å². The summed E-state index contributed by atoms with van der Waals surface area (Å²) in [5, 5.41) is 0.405. The van der Waals surface area contributed by atoms with E-state index < -0.39 is 0 Å². The van der Waals surface area contributed by atoms with Gasteiger partial charge in [-0.15, -0.1) is 0 Å². The largest absolute Gasteiger partial charge is 0.493 e. The van der Waals surface area contributed by atoms with Crippen LogP contribution in [0.1, 0.15) is 0 Å². The van der Waals surface area contributed by atoms with Crippen LogP contribution in [0.5, 0.6) is 5.75 Å². The molecule has 54 valence electrons. The number of methoxy groups -OCH3 is 1. The lowest BCUT2D eigenvalue weighted by Gasteiger charge is -2.00. The third kappa shape index (κ3) is 1.73. The normalized spacial score (nSPS) is 9.50. The highest BCUT2D eigenvalue weighted by Gasteiger charge is 1.99. The van der Waals surface area contributed by atoms with Crippen molar-refractivity contribution in [3.05, 3.63) is 21.0 Å². The van der Waals surface area contributed by atoms with Crippen LogP contribution in [0.25, 0.3) is 0 Å². The highest BCUT2D eigenvalue weighted by atomic mass is 127. The van der Waals surface area contributed by atoms with Crippen molar-refractivity contribution < 1.29 is 4.74 Å². The van der Waals surface area contributed by atoms with Gasteiger partial charge in [-0.2, -0.15) is 0 Å². The van der Waals surface area contributed by atoms with E-state index in [1.54, 1.807) is 13.3 Å². The molecule has 0 saturated carbocycles. The maximum atomic E-state index is 5.66. The van der Waals surface area contributed by atoms with Gasteiger partial charge in [0.05, 0.1) is 7.11 Å². The first-order valence-corrected chi connectivity index (χ1v) is 4.04. The van der Waals surface area contributed by atoms with Crippen LogP contribution < -0.4 is 4.74 Å². The fourth-order valence-corrected chi connectivity index (χ4v) is 1.15. The van der Waals surface area contributed by atoms with Crippen molar-refractivity contribution in [1.82, 2.24) is 4.98 Å². The Morgan fingerprint density at radius 3 is 2.90 bits per heavy atom. The third-order valence-electron chi connectivity index (χ3n) is 0.993. The molecule has 10 heavy (non-hydrogen) atoms. The average molecular weight is 269 g/mol. The summed E-state index contributed by atoms with van der Waals surface area (Å²) in [6, 6.07) is 1.83. The Kier molecular flexibility index (Phi) is 2.73. The fourth-order valence-electron chi connectivity index (χ4n) is 0.547. The molecule has 4 heteroatoms. The molecule has 1 aromatic heterocycles. The highest BCUT2D eigenvalue weighted by Crippen LogP contribution is 2.22. The Hall–Kier alpha value is -0.0300. The van der Waals surface area contributed by atoms with E-state index in [1.165, 1.54) is 0 Å². The molecule has 0 aliphatic carbocycles. The van der Waals surface area contributed by atoms with Gasteiger partial charge >= 0.3 is 0 Å². The monoisotopic (exact) mass is 269 g/mol. The molecule has 1 aromatic rings. The van der Waals surface area contributed by atoms with Gasteiger partial charge < -0.3 is 4.74 Å². The van der Waals surface area contributed by atoms with E-state index >= 15 is 0 Å². The number of hydrogen-bond acceptors (Lipinski definition) is 2. The minimum absolute atomic E-state index is 0.405. The lowest BCUT2D eigenvalue weighted by atomic mass is 10.5. The average Bonchev–Trinajstić information content (AvgIpc) is 1.94. The maximum Gasteiger partial charge on any atom is 0.171 e. The van der Waals surface area contributed by atoms with Gasteiger partial charge in [-0.05, 0) is 28.7 Å². The van der Waals surface area contributed by atoms with E-state index in [0.29, 0.717) is 10.9 Å². The van der Waals surface area contributed by atoms with E-state index in [0.717, 1.165) is 3.57 Å². The molecule has 1 rings (SSSR count). The predicted molar refractivity (Wildman–Crippen MR) is 48.5 cm³/mol. The molecule has 0 atom stereocenters. The second-order valence-corrected chi connectivity index (χ2v) is 3.25. The molecular formula is C6H5ClINO. The molecule has 0 bridgehead atoms. The van der Waals surface area contributed by atoms with Crippen molar-refractivity contribution in [3.63, 3.8) is 0 Å². The summed E-state index contributed by atoms with van der Waals surface area (Å²) in [5.74, 6) is 0.619. The SMILES string of the molecule is COc1cc(I)cnc1Cl. The minimum Gasteiger partial charge on any atom is -0.493 e. The Balaban J connectivity index is 3.09. The third-order valence-corrected chi connectivity index (χ3v) is 1.87. The first-order valence-electron chi connectivity index (χ1n) is 2.59. The summed E-state index contributed by atoms with van der Waals surface area (Å²) in [4.78, 5) is 3.88. The Bertz CT molecular complexity index is 241. The van der Waals surface area contributed by atoms with Gasteiger partial charge in [-0.3, -0.25) is 0 Å². The van der Waals surface area contributed by atoms with E-state index in [9.17, 15) is 0 Å². The summed E-state index contributed by atoms with van der Waals surface area (Å²) in [5.41, 5.74) is 0. The molecule has 0 radical (unpaired) electrons. The predicted octanol–water partition coefficient (Wildman–Crippen LogP) is 2.35. The molecule has 0 aromatic carbocycles. The molecular weight excluding hydrogens is 264 g/mol. The van der Waals surface area contributed by atoms with Gasteiger partial charge in [-0.1, -0.05) is 11.6 Å². The van der Waals surface area contributed by atoms with Crippen LogP contribution in [0.15, 0.2) is 12.3 Å². The van der Waals surface area contributed by atoms with Crippen LogP contribution in [0, 0.1) is 3.57 Å². The highest BCUT2D eigenvalue weighted by molar-refractivity contribution is 14.1. The van der Waals surface area contributed by atoms with E-state index in [1.807, 2.05) is 6.07 Å². The van der Waals surface area contributed by atoms with E-state index in [2.05, 4.69) is 27.6 Å². The van der Waals surface area contributed by atoms with Crippen LogP contribution in [-0.4, -0.2) is 12.1 Å². The van der Waals surface area contributed by atoms with Gasteiger partial charge in [0, 0.05) is 9.77 Å². The second-order valence-electron chi connectivity index (χ2n) is 1.65. The lowest BCUT2D eigenvalue weighted by Crippen LogP contribution is -1.87. The number of ether oxygens (including phenoxy) is 1. The Morgan fingerprint density at radius 1 is 1.70 bits per heavy atom. The number of hydrogen-bond donors (Lipinski definition) is 0. The molecule has 0 aliphatic heterocycles.